The highest BCUT2D eigenvalue weighted by Gasteiger charge is 2.42. The van der Waals surface area contributed by atoms with Crippen LogP contribution in [0.2, 0.25) is 0 Å². The highest BCUT2D eigenvalue weighted by molar-refractivity contribution is 6.16. The third-order valence-corrected chi connectivity index (χ3v) is 2.98. The molecular weight excluding hydrogens is 335 g/mol. The minimum Gasteiger partial charge on any atom is -0.450 e. The molecule has 0 aliphatic rings. The SMILES string of the molecule is CCOC(=O)Nc1[nH]c2cc([N+](=O)[O-])ccc2c1C(=O)C(F)(F)F. The fourth-order valence-corrected chi connectivity index (χ4v) is 2.04. The lowest BCUT2D eigenvalue weighted by atomic mass is 10.1. The number of hydrogen-bond acceptors (Lipinski definition) is 5. The zero-order valence-electron chi connectivity index (χ0n) is 12.1. The first kappa shape index (κ1) is 17.2. The van der Waals surface area contributed by atoms with E-state index < -0.39 is 40.0 Å². The summed E-state index contributed by atoms with van der Waals surface area (Å²) in [6.07, 6.45) is -6.27. The second-order valence-electron chi connectivity index (χ2n) is 4.53. The second kappa shape index (κ2) is 6.18. The molecule has 0 saturated carbocycles. The van der Waals surface area contributed by atoms with E-state index in [2.05, 4.69) is 9.72 Å². The van der Waals surface area contributed by atoms with Gasteiger partial charge in [0.1, 0.15) is 5.82 Å². The van der Waals surface area contributed by atoms with E-state index in [9.17, 15) is 32.9 Å². The summed E-state index contributed by atoms with van der Waals surface area (Å²) >= 11 is 0. The summed E-state index contributed by atoms with van der Waals surface area (Å²) in [5.41, 5.74) is -1.35. The fourth-order valence-electron chi connectivity index (χ4n) is 2.04. The van der Waals surface area contributed by atoms with E-state index in [1.54, 1.807) is 0 Å². The Morgan fingerprint density at radius 3 is 2.58 bits per heavy atom. The first-order valence-corrected chi connectivity index (χ1v) is 6.50. The van der Waals surface area contributed by atoms with Crippen molar-refractivity contribution < 1.29 is 32.4 Å². The number of amides is 1. The largest absolute Gasteiger partial charge is 0.455 e. The number of aromatic nitrogens is 1. The molecule has 0 bridgehead atoms. The average Bonchev–Trinajstić information content (AvgIpc) is 2.82. The fraction of sp³-hybridized carbons (Fsp3) is 0.231. The normalized spacial score (nSPS) is 11.3. The predicted octanol–water partition coefficient (Wildman–Crippen LogP) is 3.39. The minimum absolute atomic E-state index is 0.0416. The number of benzene rings is 1. The number of carbonyl (C=O) groups excluding carboxylic acids is 2. The molecule has 1 aromatic heterocycles. The first-order valence-electron chi connectivity index (χ1n) is 6.50. The molecule has 1 aromatic carbocycles. The van der Waals surface area contributed by atoms with Crippen LogP contribution in [-0.4, -0.2) is 34.6 Å². The standard InChI is InChI=1S/C13H10F3N3O5/c1-2-24-12(21)18-11-9(10(20)13(14,15)16)7-4-3-6(19(22)23)5-8(7)17-11/h3-5,17H,2H2,1H3,(H,18,21). The number of non-ortho nitro benzene ring substituents is 1. The smallest absolute Gasteiger partial charge is 0.450 e. The molecule has 0 aliphatic heterocycles. The topological polar surface area (TPSA) is 114 Å². The van der Waals surface area contributed by atoms with Gasteiger partial charge in [-0.2, -0.15) is 13.2 Å². The summed E-state index contributed by atoms with van der Waals surface area (Å²) < 4.78 is 42.9. The second-order valence-corrected chi connectivity index (χ2v) is 4.53. The Kier molecular flexibility index (Phi) is 4.44. The minimum atomic E-state index is -5.19. The van der Waals surface area contributed by atoms with Gasteiger partial charge in [-0.1, -0.05) is 0 Å². The summed E-state index contributed by atoms with van der Waals surface area (Å²) in [4.78, 5) is 35.5. The lowest BCUT2D eigenvalue weighted by Crippen LogP contribution is -2.24. The van der Waals surface area contributed by atoms with Crippen molar-refractivity contribution in [2.24, 2.45) is 0 Å². The van der Waals surface area contributed by atoms with E-state index in [4.69, 9.17) is 0 Å². The van der Waals surface area contributed by atoms with Crippen LogP contribution in [0.15, 0.2) is 18.2 Å². The number of carbonyl (C=O) groups is 2. The number of ether oxygens (including phenoxy) is 1. The number of aromatic amines is 1. The molecule has 0 unspecified atom stereocenters. The maximum absolute atomic E-state index is 12.8. The van der Waals surface area contributed by atoms with E-state index in [1.807, 2.05) is 5.32 Å². The van der Waals surface area contributed by atoms with Gasteiger partial charge in [0.25, 0.3) is 11.5 Å². The summed E-state index contributed by atoms with van der Waals surface area (Å²) in [7, 11) is 0. The quantitative estimate of drug-likeness (QED) is 0.501. The molecule has 1 heterocycles. The average molecular weight is 345 g/mol. The first-order chi connectivity index (χ1) is 11.1. The van der Waals surface area contributed by atoms with Gasteiger partial charge in [-0.05, 0) is 13.0 Å². The number of nitro benzene ring substituents is 1. The van der Waals surface area contributed by atoms with Gasteiger partial charge in [-0.25, -0.2) is 4.79 Å². The van der Waals surface area contributed by atoms with Crippen molar-refractivity contribution in [3.05, 3.63) is 33.9 Å². The number of ketones is 1. The molecule has 0 spiro atoms. The van der Waals surface area contributed by atoms with Crippen molar-refractivity contribution >= 4 is 34.3 Å². The molecule has 0 saturated heterocycles. The van der Waals surface area contributed by atoms with Gasteiger partial charge in [0, 0.05) is 17.5 Å². The summed E-state index contributed by atoms with van der Waals surface area (Å²) in [5.74, 6) is -2.75. The van der Waals surface area contributed by atoms with Gasteiger partial charge in [-0.3, -0.25) is 20.2 Å². The number of rotatable bonds is 4. The molecule has 8 nitrogen and oxygen atoms in total. The van der Waals surface area contributed by atoms with Gasteiger partial charge >= 0.3 is 12.3 Å². The predicted molar refractivity (Wildman–Crippen MR) is 76.0 cm³/mol. The lowest BCUT2D eigenvalue weighted by Gasteiger charge is -2.08. The van der Waals surface area contributed by atoms with Crippen molar-refractivity contribution in [3.63, 3.8) is 0 Å². The summed E-state index contributed by atoms with van der Waals surface area (Å²) in [6.45, 7) is 1.44. The number of H-pyrrole nitrogens is 1. The van der Waals surface area contributed by atoms with E-state index >= 15 is 0 Å². The van der Waals surface area contributed by atoms with Crippen molar-refractivity contribution in [2.45, 2.75) is 13.1 Å². The Morgan fingerprint density at radius 1 is 1.38 bits per heavy atom. The van der Waals surface area contributed by atoms with Crippen LogP contribution in [0.3, 0.4) is 0 Å². The summed E-state index contributed by atoms with van der Waals surface area (Å²) in [6, 6.07) is 2.91. The number of halogens is 3. The van der Waals surface area contributed by atoms with Crippen LogP contribution in [-0.2, 0) is 4.74 Å². The van der Waals surface area contributed by atoms with Crippen LogP contribution < -0.4 is 5.32 Å². The van der Waals surface area contributed by atoms with Gasteiger partial charge in [0.15, 0.2) is 0 Å². The molecule has 2 rings (SSSR count). The number of anilines is 1. The van der Waals surface area contributed by atoms with Crippen LogP contribution >= 0.6 is 0 Å². The molecule has 0 fully saturated rings. The third-order valence-electron chi connectivity index (χ3n) is 2.98. The van der Waals surface area contributed by atoms with Crippen LogP contribution in [0.4, 0.5) is 29.5 Å². The van der Waals surface area contributed by atoms with Crippen molar-refractivity contribution in [1.82, 2.24) is 4.98 Å². The molecule has 1 amide bonds. The molecule has 0 atom stereocenters. The number of fused-ring (bicyclic) bond motifs is 1. The zero-order chi connectivity index (χ0) is 18.1. The molecular formula is C13H10F3N3O5. The van der Waals surface area contributed by atoms with Crippen LogP contribution in [0.1, 0.15) is 17.3 Å². The van der Waals surface area contributed by atoms with E-state index in [-0.39, 0.29) is 17.5 Å². The molecule has 0 aliphatic carbocycles. The lowest BCUT2D eigenvalue weighted by molar-refractivity contribution is -0.384. The van der Waals surface area contributed by atoms with Crippen molar-refractivity contribution in [1.29, 1.82) is 0 Å². The number of nitrogens with one attached hydrogen (secondary N) is 2. The van der Waals surface area contributed by atoms with Gasteiger partial charge in [0.05, 0.1) is 22.6 Å². The number of nitrogens with zero attached hydrogens (tertiary/aromatic N) is 1. The molecule has 2 aromatic rings. The number of alkyl halides is 3. The number of Topliss-reactive ketones (excluding diaryl/α,β-unsaturated/α-hetero) is 1. The van der Waals surface area contributed by atoms with Gasteiger partial charge in [0.2, 0.25) is 0 Å². The Morgan fingerprint density at radius 2 is 2.04 bits per heavy atom. The van der Waals surface area contributed by atoms with E-state index in [0.717, 1.165) is 18.2 Å². The molecule has 24 heavy (non-hydrogen) atoms. The molecule has 0 radical (unpaired) electrons. The van der Waals surface area contributed by atoms with Gasteiger partial charge < -0.3 is 9.72 Å². The van der Waals surface area contributed by atoms with E-state index in [1.165, 1.54) is 6.92 Å². The molecule has 11 heteroatoms. The zero-order valence-corrected chi connectivity index (χ0v) is 12.1. The third kappa shape index (κ3) is 3.29. The number of hydrogen-bond donors (Lipinski definition) is 2. The van der Waals surface area contributed by atoms with Crippen molar-refractivity contribution in [3.8, 4) is 0 Å². The van der Waals surface area contributed by atoms with Crippen LogP contribution in [0, 0.1) is 10.1 Å². The maximum Gasteiger partial charge on any atom is 0.455 e. The van der Waals surface area contributed by atoms with Crippen LogP contribution in [0.25, 0.3) is 10.9 Å². The monoisotopic (exact) mass is 345 g/mol. The Bertz CT molecular complexity index is 828. The maximum atomic E-state index is 12.8. The Labute approximate surface area is 131 Å². The van der Waals surface area contributed by atoms with E-state index in [0.29, 0.717) is 0 Å². The highest BCUT2D eigenvalue weighted by atomic mass is 19.4. The summed E-state index contributed by atoms with van der Waals surface area (Å²) in [5, 5.41) is 12.5. The van der Waals surface area contributed by atoms with Crippen molar-refractivity contribution in [2.75, 3.05) is 11.9 Å². The van der Waals surface area contributed by atoms with Crippen LogP contribution in [0.5, 0.6) is 0 Å². The number of nitro groups is 1. The Balaban J connectivity index is 2.62. The highest BCUT2D eigenvalue weighted by Crippen LogP contribution is 2.34. The Hall–Kier alpha value is -3.11. The molecule has 2 N–H and O–H groups in total. The molecule has 128 valence electrons. The van der Waals surface area contributed by atoms with Gasteiger partial charge in [-0.15, -0.1) is 0 Å².